The Kier molecular flexibility index (Phi) is 4.29. The van der Waals surface area contributed by atoms with Crippen LogP contribution in [-0.4, -0.2) is 45.7 Å². The standard InChI is InChI=1S/C10H11NO6.Re/c12-3-10(4-13)5-17-8-2-6(9(15)16)1-7(14)11(8)10;/h1-2,12-13H,3-5H2,(H,15,16);. The van der Waals surface area contributed by atoms with E-state index in [-0.39, 0.29) is 38.5 Å². The van der Waals surface area contributed by atoms with Gasteiger partial charge in [0, 0.05) is 32.6 Å². The van der Waals surface area contributed by atoms with Crippen LogP contribution < -0.4 is 10.3 Å². The molecule has 0 amide bonds. The second-order valence-electron chi connectivity index (χ2n) is 3.89. The molecule has 18 heavy (non-hydrogen) atoms. The van der Waals surface area contributed by atoms with E-state index in [4.69, 9.17) is 9.84 Å². The number of carboxylic acid groups (broad SMARTS) is 1. The summed E-state index contributed by atoms with van der Waals surface area (Å²) in [6.45, 7) is -1.01. The molecule has 1 aromatic heterocycles. The number of ether oxygens (including phenoxy) is 1. The Morgan fingerprint density at radius 3 is 2.50 bits per heavy atom. The van der Waals surface area contributed by atoms with E-state index in [2.05, 4.69) is 0 Å². The van der Waals surface area contributed by atoms with Gasteiger partial charge in [-0.1, -0.05) is 0 Å². The van der Waals surface area contributed by atoms with Crippen LogP contribution in [0.15, 0.2) is 16.9 Å². The van der Waals surface area contributed by atoms with Crippen LogP contribution in [0.4, 0.5) is 0 Å². The maximum absolute atomic E-state index is 11.8. The number of rotatable bonds is 3. The van der Waals surface area contributed by atoms with Gasteiger partial charge in [-0.3, -0.25) is 9.36 Å². The van der Waals surface area contributed by atoms with Crippen molar-refractivity contribution in [2.75, 3.05) is 19.8 Å². The minimum absolute atomic E-state index is 0. The van der Waals surface area contributed by atoms with Crippen LogP contribution in [0.2, 0.25) is 0 Å². The molecule has 1 aliphatic rings. The minimum atomic E-state index is -1.24. The molecular weight excluding hydrogens is 416 g/mol. The number of carbonyl (C=O) groups is 1. The van der Waals surface area contributed by atoms with E-state index in [1.165, 1.54) is 6.07 Å². The number of aliphatic hydroxyl groups is 2. The summed E-state index contributed by atoms with van der Waals surface area (Å²) in [5.41, 5.74) is -2.03. The topological polar surface area (TPSA) is 109 Å². The molecule has 2 rings (SSSR count). The summed E-state index contributed by atoms with van der Waals surface area (Å²) in [6.07, 6.45) is 0. The number of aromatic nitrogens is 1. The molecule has 0 atom stereocenters. The van der Waals surface area contributed by atoms with Crippen molar-refractivity contribution >= 4 is 5.97 Å². The van der Waals surface area contributed by atoms with Crippen LogP contribution in [0.25, 0.3) is 0 Å². The van der Waals surface area contributed by atoms with Crippen molar-refractivity contribution in [1.82, 2.24) is 4.57 Å². The van der Waals surface area contributed by atoms with Crippen LogP contribution in [0.5, 0.6) is 5.88 Å². The first-order valence-electron chi connectivity index (χ1n) is 4.89. The zero-order valence-corrected chi connectivity index (χ0v) is 11.9. The summed E-state index contributed by atoms with van der Waals surface area (Å²) >= 11 is 0. The second-order valence-corrected chi connectivity index (χ2v) is 3.89. The van der Waals surface area contributed by atoms with Gasteiger partial charge in [-0.05, 0) is 0 Å². The van der Waals surface area contributed by atoms with Gasteiger partial charge in [0.1, 0.15) is 12.1 Å². The van der Waals surface area contributed by atoms with Crippen molar-refractivity contribution in [2.24, 2.45) is 0 Å². The zero-order chi connectivity index (χ0) is 12.6. The zero-order valence-electron chi connectivity index (χ0n) is 9.17. The second kappa shape index (κ2) is 5.20. The molecule has 7 nitrogen and oxygen atoms in total. The van der Waals surface area contributed by atoms with Gasteiger partial charge in [-0.2, -0.15) is 0 Å². The molecule has 0 aliphatic carbocycles. The molecule has 1 radical (unpaired) electrons. The quantitative estimate of drug-likeness (QED) is 0.549. The Morgan fingerprint density at radius 2 is 2.00 bits per heavy atom. The largest absolute Gasteiger partial charge is 0.478 e. The third kappa shape index (κ3) is 2.08. The van der Waals surface area contributed by atoms with Crippen LogP contribution in [0.1, 0.15) is 10.4 Å². The predicted molar refractivity (Wildman–Crippen MR) is 55.3 cm³/mol. The van der Waals surface area contributed by atoms with Gasteiger partial charge in [0.15, 0.2) is 5.88 Å². The number of aromatic carboxylic acids is 1. The molecule has 1 aliphatic heterocycles. The van der Waals surface area contributed by atoms with Gasteiger partial charge in [-0.25, -0.2) is 4.79 Å². The van der Waals surface area contributed by atoms with Crippen molar-refractivity contribution in [3.05, 3.63) is 28.0 Å². The van der Waals surface area contributed by atoms with E-state index in [9.17, 15) is 19.8 Å². The Balaban J connectivity index is 0.00000162. The maximum atomic E-state index is 11.8. The van der Waals surface area contributed by atoms with Gasteiger partial charge >= 0.3 is 5.97 Å². The summed E-state index contributed by atoms with van der Waals surface area (Å²) < 4.78 is 6.23. The summed E-state index contributed by atoms with van der Waals surface area (Å²) in [7, 11) is 0. The number of hydrogen-bond acceptors (Lipinski definition) is 5. The van der Waals surface area contributed by atoms with Crippen molar-refractivity contribution in [3.63, 3.8) is 0 Å². The van der Waals surface area contributed by atoms with E-state index in [0.29, 0.717) is 0 Å². The van der Waals surface area contributed by atoms with Crippen LogP contribution >= 0.6 is 0 Å². The summed E-state index contributed by atoms with van der Waals surface area (Å²) in [6, 6.07) is 2.12. The number of carboxylic acids is 1. The first-order chi connectivity index (χ1) is 8.04. The summed E-state index contributed by atoms with van der Waals surface area (Å²) in [5, 5.41) is 27.3. The third-order valence-electron chi connectivity index (χ3n) is 2.80. The smallest absolute Gasteiger partial charge is 0.336 e. The number of fused-ring (bicyclic) bond motifs is 1. The number of nitrogens with zero attached hydrogens (tertiary/aromatic N) is 1. The fourth-order valence-corrected chi connectivity index (χ4v) is 1.80. The van der Waals surface area contributed by atoms with E-state index < -0.39 is 30.3 Å². The van der Waals surface area contributed by atoms with E-state index >= 15 is 0 Å². The minimum Gasteiger partial charge on any atom is -0.478 e. The Hall–Kier alpha value is -1.20. The van der Waals surface area contributed by atoms with E-state index in [0.717, 1.165) is 10.6 Å². The molecule has 0 saturated heterocycles. The normalized spacial score (nSPS) is 15.4. The van der Waals surface area contributed by atoms with Crippen LogP contribution in [-0.2, 0) is 26.0 Å². The molecule has 0 fully saturated rings. The van der Waals surface area contributed by atoms with Gasteiger partial charge in [-0.15, -0.1) is 0 Å². The Morgan fingerprint density at radius 1 is 1.39 bits per heavy atom. The monoisotopic (exact) mass is 428 g/mol. The molecule has 1 aromatic rings. The van der Waals surface area contributed by atoms with Crippen molar-refractivity contribution in [1.29, 1.82) is 0 Å². The first-order valence-corrected chi connectivity index (χ1v) is 4.89. The first kappa shape index (κ1) is 14.9. The number of pyridine rings is 1. The Bertz CT molecular complexity index is 522. The van der Waals surface area contributed by atoms with Gasteiger partial charge < -0.3 is 20.1 Å². The molecule has 0 bridgehead atoms. The van der Waals surface area contributed by atoms with Gasteiger partial charge in [0.25, 0.3) is 5.56 Å². The number of hydrogen-bond donors (Lipinski definition) is 3. The van der Waals surface area contributed by atoms with Crippen molar-refractivity contribution < 1.29 is 45.3 Å². The Labute approximate surface area is 115 Å². The molecule has 3 N–H and O–H groups in total. The average molecular weight is 427 g/mol. The van der Waals surface area contributed by atoms with Crippen LogP contribution in [0, 0.1) is 0 Å². The molecule has 0 spiro atoms. The summed E-state index contributed by atoms with van der Waals surface area (Å²) in [4.78, 5) is 22.5. The van der Waals surface area contributed by atoms with Gasteiger partial charge in [0.2, 0.25) is 0 Å². The third-order valence-corrected chi connectivity index (χ3v) is 2.80. The van der Waals surface area contributed by atoms with E-state index in [1.54, 1.807) is 0 Å². The maximum Gasteiger partial charge on any atom is 0.336 e. The SMILES string of the molecule is O=C(O)c1cc2n(c(=O)c1)C(CO)(CO)CO2.[Re]. The summed E-state index contributed by atoms with van der Waals surface area (Å²) in [5.74, 6) is -1.20. The fourth-order valence-electron chi connectivity index (χ4n) is 1.80. The number of aliphatic hydroxyl groups excluding tert-OH is 2. The molecule has 8 heteroatoms. The van der Waals surface area contributed by atoms with E-state index in [1.807, 2.05) is 0 Å². The van der Waals surface area contributed by atoms with Gasteiger partial charge in [0.05, 0.1) is 18.8 Å². The predicted octanol–water partition coefficient (Wildman–Crippen LogP) is -1.38. The fraction of sp³-hybridized carbons (Fsp3) is 0.400. The molecular formula is C10H11NO6Re. The molecule has 2 heterocycles. The van der Waals surface area contributed by atoms with Crippen molar-refractivity contribution in [3.8, 4) is 5.88 Å². The molecule has 99 valence electrons. The average Bonchev–Trinajstić information content (AvgIpc) is 2.69. The van der Waals surface area contributed by atoms with Crippen molar-refractivity contribution in [2.45, 2.75) is 5.54 Å². The molecule has 0 unspecified atom stereocenters. The molecule has 0 aromatic carbocycles. The van der Waals surface area contributed by atoms with Crippen LogP contribution in [0.3, 0.4) is 0 Å². The molecule has 0 saturated carbocycles.